The molecule has 0 spiro atoms. The third kappa shape index (κ3) is 3.61. The Bertz CT molecular complexity index is 1110. The molecule has 0 saturated heterocycles. The number of hydrogen-bond donors (Lipinski definition) is 0. The number of fused-ring (bicyclic) bond motifs is 1. The fourth-order valence-electron chi connectivity index (χ4n) is 3.59. The van der Waals surface area contributed by atoms with Crippen molar-refractivity contribution in [2.45, 2.75) is 27.1 Å². The lowest BCUT2D eigenvalue weighted by atomic mass is 10.2. The van der Waals surface area contributed by atoms with Crippen LogP contribution in [0.25, 0.3) is 0 Å². The van der Waals surface area contributed by atoms with E-state index in [9.17, 15) is 4.79 Å². The fraction of sp³-hybridized carbons (Fsp3) is 0.273. The number of nitrogens with zero attached hydrogens (tertiary/aromatic N) is 4. The lowest BCUT2D eigenvalue weighted by Crippen LogP contribution is -2.47. The molecule has 0 aliphatic carbocycles. The summed E-state index contributed by atoms with van der Waals surface area (Å²) < 4.78 is 7.29. The second kappa shape index (κ2) is 7.89. The van der Waals surface area contributed by atoms with Gasteiger partial charge >= 0.3 is 0 Å². The van der Waals surface area contributed by atoms with Crippen molar-refractivity contribution in [3.63, 3.8) is 0 Å². The van der Waals surface area contributed by atoms with E-state index in [0.29, 0.717) is 36.4 Å². The van der Waals surface area contributed by atoms with Gasteiger partial charge in [-0.15, -0.1) is 0 Å². The molecule has 3 aromatic rings. The van der Waals surface area contributed by atoms with E-state index >= 15 is 0 Å². The summed E-state index contributed by atoms with van der Waals surface area (Å²) >= 11 is 6.38. The van der Waals surface area contributed by atoms with Crippen LogP contribution in [0.1, 0.15) is 16.8 Å². The van der Waals surface area contributed by atoms with Crippen molar-refractivity contribution in [1.82, 2.24) is 14.5 Å². The van der Waals surface area contributed by atoms with Crippen LogP contribution >= 0.6 is 11.6 Å². The zero-order valence-corrected chi connectivity index (χ0v) is 17.5. The molecule has 2 heterocycles. The van der Waals surface area contributed by atoms with Crippen molar-refractivity contribution in [1.29, 1.82) is 0 Å². The summed E-state index contributed by atoms with van der Waals surface area (Å²) in [6.45, 7) is 5.30. The lowest BCUT2D eigenvalue weighted by molar-refractivity contribution is 0.189. The molecular weight excluding hydrogens is 388 g/mol. The maximum atomic E-state index is 13.0. The van der Waals surface area contributed by atoms with Gasteiger partial charge in [0.05, 0.1) is 26.1 Å². The number of aryl methyl sites for hydroxylation is 1. The Morgan fingerprint density at radius 3 is 2.55 bits per heavy atom. The number of halogens is 1. The molecule has 2 aromatic carbocycles. The predicted molar refractivity (Wildman–Crippen MR) is 115 cm³/mol. The van der Waals surface area contributed by atoms with Crippen molar-refractivity contribution in [2.24, 2.45) is 0 Å². The van der Waals surface area contributed by atoms with Crippen LogP contribution < -0.4 is 15.2 Å². The third-order valence-electron chi connectivity index (χ3n) is 5.27. The van der Waals surface area contributed by atoms with E-state index in [1.807, 2.05) is 67.3 Å². The summed E-state index contributed by atoms with van der Waals surface area (Å²) in [6.07, 6.45) is 0. The number of para-hydroxylation sites is 2. The molecule has 1 aliphatic rings. The van der Waals surface area contributed by atoms with Crippen molar-refractivity contribution in [3.05, 3.63) is 80.7 Å². The molecule has 150 valence electrons. The van der Waals surface area contributed by atoms with E-state index < -0.39 is 0 Å². The molecule has 0 atom stereocenters. The largest absolute Gasteiger partial charge is 0.495 e. The van der Waals surface area contributed by atoms with Crippen molar-refractivity contribution in [2.75, 3.05) is 18.7 Å². The number of ether oxygens (including phenoxy) is 1. The molecule has 29 heavy (non-hydrogen) atoms. The van der Waals surface area contributed by atoms with E-state index in [4.69, 9.17) is 21.3 Å². The van der Waals surface area contributed by atoms with E-state index in [0.717, 1.165) is 22.7 Å². The standard InChI is InChI=1S/C22H23ClN4O2/c1-15-16(2)24-22-26(19-10-6-7-11-20(19)29-3)13-25(14-27(22)21(15)28)12-17-8-4-5-9-18(17)23/h4-11H,12-14H2,1-3H3. The van der Waals surface area contributed by atoms with Crippen molar-refractivity contribution < 1.29 is 4.74 Å². The molecule has 0 unspecified atom stereocenters. The van der Waals surface area contributed by atoms with Crippen LogP contribution in [0, 0.1) is 13.8 Å². The van der Waals surface area contributed by atoms with Crippen LogP contribution in [0.5, 0.6) is 5.75 Å². The summed E-state index contributed by atoms with van der Waals surface area (Å²) in [5.74, 6) is 1.35. The first kappa shape index (κ1) is 19.5. The SMILES string of the molecule is COc1ccccc1N1CN(Cc2ccccc2Cl)Cn2c1nc(C)c(C)c2=O. The van der Waals surface area contributed by atoms with Crippen LogP contribution in [-0.4, -0.2) is 28.2 Å². The first-order valence-corrected chi connectivity index (χ1v) is 9.81. The Labute approximate surface area is 174 Å². The number of methoxy groups -OCH3 is 1. The minimum Gasteiger partial charge on any atom is -0.495 e. The molecule has 0 saturated carbocycles. The van der Waals surface area contributed by atoms with Gasteiger partial charge in [-0.1, -0.05) is 41.9 Å². The highest BCUT2D eigenvalue weighted by atomic mass is 35.5. The van der Waals surface area contributed by atoms with Gasteiger partial charge in [0, 0.05) is 22.8 Å². The summed E-state index contributed by atoms with van der Waals surface area (Å²) in [4.78, 5) is 22.0. The number of anilines is 2. The van der Waals surface area contributed by atoms with Gasteiger partial charge in [-0.2, -0.15) is 0 Å². The first-order valence-electron chi connectivity index (χ1n) is 9.44. The monoisotopic (exact) mass is 410 g/mol. The summed E-state index contributed by atoms with van der Waals surface area (Å²) in [7, 11) is 1.64. The molecule has 1 aliphatic heterocycles. The Hall–Kier alpha value is -2.83. The van der Waals surface area contributed by atoms with Crippen LogP contribution in [0.15, 0.2) is 53.3 Å². The van der Waals surface area contributed by atoms with Gasteiger partial charge in [0.1, 0.15) is 5.75 Å². The summed E-state index contributed by atoms with van der Waals surface area (Å²) in [6, 6.07) is 15.5. The molecule has 1 aromatic heterocycles. The minimum absolute atomic E-state index is 0.0312. The van der Waals surface area contributed by atoms with Crippen LogP contribution in [0.4, 0.5) is 11.6 Å². The highest BCUT2D eigenvalue weighted by molar-refractivity contribution is 6.31. The van der Waals surface area contributed by atoms with E-state index in [1.54, 1.807) is 11.7 Å². The average Bonchev–Trinajstić information content (AvgIpc) is 2.74. The van der Waals surface area contributed by atoms with Gasteiger partial charge in [-0.05, 0) is 37.6 Å². The third-order valence-corrected chi connectivity index (χ3v) is 5.64. The zero-order chi connectivity index (χ0) is 20.5. The molecule has 0 radical (unpaired) electrons. The number of benzene rings is 2. The summed E-state index contributed by atoms with van der Waals surface area (Å²) in [5, 5.41) is 0.715. The molecular formula is C22H23ClN4O2. The van der Waals surface area contributed by atoms with E-state index in [1.165, 1.54) is 0 Å². The Balaban J connectivity index is 1.82. The number of hydrogen-bond acceptors (Lipinski definition) is 5. The fourth-order valence-corrected chi connectivity index (χ4v) is 3.78. The average molecular weight is 411 g/mol. The molecule has 0 fully saturated rings. The Morgan fingerprint density at radius 2 is 1.79 bits per heavy atom. The lowest BCUT2D eigenvalue weighted by Gasteiger charge is -2.38. The second-order valence-corrected chi connectivity index (χ2v) is 7.57. The van der Waals surface area contributed by atoms with Gasteiger partial charge in [-0.3, -0.25) is 19.2 Å². The van der Waals surface area contributed by atoms with Gasteiger partial charge < -0.3 is 4.74 Å². The maximum absolute atomic E-state index is 13.0. The van der Waals surface area contributed by atoms with Crippen molar-refractivity contribution >= 4 is 23.2 Å². The van der Waals surface area contributed by atoms with Gasteiger partial charge in [0.2, 0.25) is 5.95 Å². The molecule has 0 bridgehead atoms. The second-order valence-electron chi connectivity index (χ2n) is 7.16. The predicted octanol–water partition coefficient (Wildman–Crippen LogP) is 4.09. The van der Waals surface area contributed by atoms with Gasteiger partial charge in [0.25, 0.3) is 5.56 Å². The quantitative estimate of drug-likeness (QED) is 0.648. The molecule has 4 rings (SSSR count). The normalized spacial score (nSPS) is 14.0. The number of aromatic nitrogens is 2. The minimum atomic E-state index is -0.0312. The topological polar surface area (TPSA) is 50.6 Å². The van der Waals surface area contributed by atoms with Crippen LogP contribution in [0.3, 0.4) is 0 Å². The molecule has 7 heteroatoms. The molecule has 0 amide bonds. The number of rotatable bonds is 4. The summed E-state index contributed by atoms with van der Waals surface area (Å²) in [5.41, 5.74) is 3.25. The van der Waals surface area contributed by atoms with Crippen molar-refractivity contribution in [3.8, 4) is 5.75 Å². The highest BCUT2D eigenvalue weighted by Gasteiger charge is 2.29. The van der Waals surface area contributed by atoms with Crippen LogP contribution in [-0.2, 0) is 13.2 Å². The molecule has 0 N–H and O–H groups in total. The Morgan fingerprint density at radius 1 is 1.07 bits per heavy atom. The van der Waals surface area contributed by atoms with Gasteiger partial charge in [-0.25, -0.2) is 4.98 Å². The highest BCUT2D eigenvalue weighted by Crippen LogP contribution is 2.35. The van der Waals surface area contributed by atoms with E-state index in [-0.39, 0.29) is 5.56 Å². The molecule has 6 nitrogen and oxygen atoms in total. The first-order chi connectivity index (χ1) is 14.0. The maximum Gasteiger partial charge on any atom is 0.259 e. The van der Waals surface area contributed by atoms with Crippen LogP contribution in [0.2, 0.25) is 5.02 Å². The zero-order valence-electron chi connectivity index (χ0n) is 16.7. The Kier molecular flexibility index (Phi) is 5.30. The smallest absolute Gasteiger partial charge is 0.259 e. The van der Waals surface area contributed by atoms with Gasteiger partial charge in [0.15, 0.2) is 0 Å². The van der Waals surface area contributed by atoms with E-state index in [2.05, 4.69) is 4.90 Å².